The minimum Gasteiger partial charge on any atom is -0.480 e. The third-order valence-electron chi connectivity index (χ3n) is 2.90. The zero-order valence-electron chi connectivity index (χ0n) is 13.6. The lowest BCUT2D eigenvalue weighted by molar-refractivity contribution is -0.139. The maximum Gasteiger partial charge on any atom is 0.322 e. The van der Waals surface area contributed by atoms with E-state index in [1.807, 2.05) is 5.32 Å². The highest BCUT2D eigenvalue weighted by atomic mass is 32.2. The van der Waals surface area contributed by atoms with Crippen LogP contribution in [-0.2, 0) is 24.0 Å². The van der Waals surface area contributed by atoms with E-state index in [1.54, 1.807) is 0 Å². The van der Waals surface area contributed by atoms with E-state index in [2.05, 4.69) is 5.32 Å². The summed E-state index contributed by atoms with van der Waals surface area (Å²) in [5.41, 5.74) is 5.26. The Hall–Kier alpha value is -2.22. The molecule has 0 radical (unpaired) electrons. The number of amides is 2. The number of carboxylic acids is 2. The number of aliphatic hydroxyl groups excluding tert-OH is 2. The molecule has 0 fully saturated rings. The molecule has 0 rings (SSSR count). The summed E-state index contributed by atoms with van der Waals surface area (Å²) in [6, 6.07) is -2.58. The number of hydrogen-bond acceptors (Lipinski definition) is 9. The monoisotopic (exact) mass is 395 g/mol. The minimum atomic E-state index is -1.66. The van der Waals surface area contributed by atoms with E-state index in [0.717, 1.165) is 0 Å². The topological polar surface area (TPSA) is 216 Å². The standard InChI is InChI=1S/C13H21N3O9S/c14-6(12(23)24)1-2-9(19)16-7(11(22)15-3-10(20)21)5-26-13(25)8(18)4-17/h6-8,17-18H,1-5,14H2,(H,15,22)(H,16,19)(H,20,21)(H,23,24). The van der Waals surface area contributed by atoms with Gasteiger partial charge < -0.3 is 36.8 Å². The van der Waals surface area contributed by atoms with Crippen LogP contribution in [0.2, 0.25) is 0 Å². The number of hydrogen-bond donors (Lipinski definition) is 7. The van der Waals surface area contributed by atoms with E-state index in [0.29, 0.717) is 11.8 Å². The second kappa shape index (κ2) is 12.2. The molecule has 0 aromatic carbocycles. The van der Waals surface area contributed by atoms with E-state index >= 15 is 0 Å². The van der Waals surface area contributed by atoms with E-state index in [1.165, 1.54) is 0 Å². The summed E-state index contributed by atoms with van der Waals surface area (Å²) < 4.78 is 0. The highest BCUT2D eigenvalue weighted by Gasteiger charge is 2.25. The van der Waals surface area contributed by atoms with Crippen molar-refractivity contribution < 1.29 is 44.4 Å². The molecule has 0 aliphatic carbocycles. The van der Waals surface area contributed by atoms with Gasteiger partial charge in [0.25, 0.3) is 0 Å². The van der Waals surface area contributed by atoms with Crippen molar-refractivity contribution in [1.29, 1.82) is 0 Å². The van der Waals surface area contributed by atoms with Gasteiger partial charge in [-0.15, -0.1) is 0 Å². The Morgan fingerprint density at radius 1 is 1.12 bits per heavy atom. The third kappa shape index (κ3) is 9.93. The van der Waals surface area contributed by atoms with Crippen LogP contribution >= 0.6 is 11.8 Å². The second-order valence-corrected chi connectivity index (χ2v) is 6.07. The number of nitrogens with one attached hydrogen (secondary N) is 2. The zero-order valence-corrected chi connectivity index (χ0v) is 14.4. The molecule has 26 heavy (non-hydrogen) atoms. The predicted octanol–water partition coefficient (Wildman–Crippen LogP) is -3.52. The fraction of sp³-hybridized carbons (Fsp3) is 0.615. The lowest BCUT2D eigenvalue weighted by atomic mass is 10.1. The van der Waals surface area contributed by atoms with Crippen molar-refractivity contribution in [3.05, 3.63) is 0 Å². The molecule has 0 saturated heterocycles. The van der Waals surface area contributed by atoms with Crippen LogP contribution in [0.4, 0.5) is 0 Å². The van der Waals surface area contributed by atoms with Gasteiger partial charge in [-0.3, -0.25) is 24.0 Å². The minimum absolute atomic E-state index is 0.195. The number of aliphatic hydroxyl groups is 2. The van der Waals surface area contributed by atoms with Gasteiger partial charge in [-0.05, 0) is 6.42 Å². The molecular formula is C13H21N3O9S. The lowest BCUT2D eigenvalue weighted by Gasteiger charge is -2.18. The van der Waals surface area contributed by atoms with Crippen LogP contribution < -0.4 is 16.4 Å². The fourth-order valence-electron chi connectivity index (χ4n) is 1.48. The van der Waals surface area contributed by atoms with Gasteiger partial charge in [0, 0.05) is 12.2 Å². The molecule has 0 spiro atoms. The molecule has 3 atom stereocenters. The number of carbonyl (C=O) groups excluding carboxylic acids is 3. The quantitative estimate of drug-likeness (QED) is 0.172. The molecule has 0 aliphatic rings. The molecule has 8 N–H and O–H groups in total. The van der Waals surface area contributed by atoms with Crippen molar-refractivity contribution in [2.75, 3.05) is 18.9 Å². The van der Waals surface area contributed by atoms with E-state index in [4.69, 9.17) is 21.1 Å². The van der Waals surface area contributed by atoms with Gasteiger partial charge in [-0.1, -0.05) is 11.8 Å². The first-order chi connectivity index (χ1) is 12.1. The fourth-order valence-corrected chi connectivity index (χ4v) is 2.31. The molecule has 13 heteroatoms. The van der Waals surface area contributed by atoms with E-state index < -0.39 is 60.2 Å². The summed E-state index contributed by atoms with van der Waals surface area (Å²) >= 11 is 0.460. The summed E-state index contributed by atoms with van der Waals surface area (Å²) in [6.45, 7) is -1.53. The van der Waals surface area contributed by atoms with Gasteiger partial charge in [0.15, 0.2) is 0 Å². The number of rotatable bonds is 12. The summed E-state index contributed by atoms with van der Waals surface area (Å²) in [6.07, 6.45) is -2.17. The summed E-state index contributed by atoms with van der Waals surface area (Å²) in [5, 5.41) is 38.5. The largest absolute Gasteiger partial charge is 0.480 e. The lowest BCUT2D eigenvalue weighted by Crippen LogP contribution is -2.49. The maximum absolute atomic E-state index is 11.9. The van der Waals surface area contributed by atoms with Crippen LogP contribution in [0.15, 0.2) is 0 Å². The molecule has 0 aromatic rings. The summed E-state index contributed by atoms with van der Waals surface area (Å²) in [7, 11) is 0. The smallest absolute Gasteiger partial charge is 0.322 e. The van der Waals surface area contributed by atoms with Crippen LogP contribution in [0.3, 0.4) is 0 Å². The molecule has 0 saturated carbocycles. The SMILES string of the molecule is NC(CCC(=O)NC(CSC(=O)C(O)CO)C(=O)NCC(=O)O)C(=O)O. The number of carbonyl (C=O) groups is 5. The number of thioether (sulfide) groups is 1. The van der Waals surface area contributed by atoms with Crippen LogP contribution in [0, 0.1) is 0 Å². The Labute approximate surface area is 152 Å². The number of aliphatic carboxylic acids is 2. The Kier molecular flexibility index (Phi) is 11.1. The third-order valence-corrected chi connectivity index (χ3v) is 3.96. The molecule has 3 unspecified atom stereocenters. The Morgan fingerprint density at radius 2 is 1.73 bits per heavy atom. The van der Waals surface area contributed by atoms with E-state index in [9.17, 15) is 29.1 Å². The molecule has 148 valence electrons. The average molecular weight is 395 g/mol. The molecular weight excluding hydrogens is 374 g/mol. The van der Waals surface area contributed by atoms with Crippen molar-refractivity contribution in [3.8, 4) is 0 Å². The van der Waals surface area contributed by atoms with Crippen molar-refractivity contribution >= 4 is 40.6 Å². The zero-order chi connectivity index (χ0) is 20.3. The van der Waals surface area contributed by atoms with Crippen LogP contribution in [0.5, 0.6) is 0 Å². The van der Waals surface area contributed by atoms with Crippen molar-refractivity contribution in [3.63, 3.8) is 0 Å². The Bertz CT molecular complexity index is 543. The number of nitrogens with two attached hydrogens (primary N) is 1. The second-order valence-electron chi connectivity index (χ2n) is 5.04. The maximum atomic E-state index is 11.9. The Balaban J connectivity index is 4.77. The van der Waals surface area contributed by atoms with E-state index in [-0.39, 0.29) is 18.6 Å². The molecule has 12 nitrogen and oxygen atoms in total. The molecule has 0 bridgehead atoms. The van der Waals surface area contributed by atoms with Crippen LogP contribution in [-0.4, -0.2) is 86.4 Å². The normalized spacial score (nSPS) is 14.0. The van der Waals surface area contributed by atoms with Gasteiger partial charge in [-0.2, -0.15) is 0 Å². The summed E-state index contributed by atoms with van der Waals surface area (Å²) in [4.78, 5) is 56.3. The molecule has 2 amide bonds. The number of carboxylic acid groups (broad SMARTS) is 2. The Morgan fingerprint density at radius 3 is 2.23 bits per heavy atom. The van der Waals surface area contributed by atoms with Gasteiger partial charge in [0.1, 0.15) is 24.7 Å². The first-order valence-electron chi connectivity index (χ1n) is 7.31. The molecule has 0 heterocycles. The van der Waals surface area contributed by atoms with Gasteiger partial charge >= 0.3 is 11.9 Å². The van der Waals surface area contributed by atoms with Crippen LogP contribution in [0.1, 0.15) is 12.8 Å². The van der Waals surface area contributed by atoms with Crippen LogP contribution in [0.25, 0.3) is 0 Å². The van der Waals surface area contributed by atoms with Gasteiger partial charge in [-0.25, -0.2) is 0 Å². The van der Waals surface area contributed by atoms with Crippen molar-refractivity contribution in [1.82, 2.24) is 10.6 Å². The first-order valence-corrected chi connectivity index (χ1v) is 8.29. The first kappa shape index (κ1) is 23.8. The van der Waals surface area contributed by atoms with Gasteiger partial charge in [0.2, 0.25) is 16.9 Å². The van der Waals surface area contributed by atoms with Crippen molar-refractivity contribution in [2.45, 2.75) is 31.0 Å². The molecule has 0 aromatic heterocycles. The highest BCUT2D eigenvalue weighted by Crippen LogP contribution is 2.09. The summed E-state index contributed by atoms with van der Waals surface area (Å²) in [5.74, 6) is -4.57. The van der Waals surface area contributed by atoms with Gasteiger partial charge in [0.05, 0.1) is 6.61 Å². The average Bonchev–Trinajstić information content (AvgIpc) is 2.59. The van der Waals surface area contributed by atoms with Crippen molar-refractivity contribution in [2.24, 2.45) is 5.73 Å². The predicted molar refractivity (Wildman–Crippen MR) is 88.0 cm³/mol. The molecule has 0 aliphatic heterocycles. The highest BCUT2D eigenvalue weighted by molar-refractivity contribution is 8.13.